The predicted octanol–water partition coefficient (Wildman–Crippen LogP) is 7.86. The molecule has 0 unspecified atom stereocenters. The van der Waals surface area contributed by atoms with E-state index < -0.39 is 5.97 Å². The van der Waals surface area contributed by atoms with E-state index in [1.54, 1.807) is 23.5 Å². The summed E-state index contributed by atoms with van der Waals surface area (Å²) >= 11 is 8.56. The molecule has 0 aliphatic heterocycles. The number of aromatic nitrogens is 3. The number of nitrogens with zero attached hydrogens (tertiary/aromatic N) is 4. The van der Waals surface area contributed by atoms with Crippen LogP contribution in [0.15, 0.2) is 72.8 Å². The van der Waals surface area contributed by atoms with Gasteiger partial charge in [0.2, 0.25) is 0 Å². The molecule has 0 spiro atoms. The van der Waals surface area contributed by atoms with Gasteiger partial charge < -0.3 is 9.67 Å². The zero-order valence-corrected chi connectivity index (χ0v) is 24.4. The van der Waals surface area contributed by atoms with Crippen LogP contribution in [0.3, 0.4) is 0 Å². The number of benzene rings is 3. The number of carboxylic acid groups (broad SMARTS) is 1. The van der Waals surface area contributed by atoms with Gasteiger partial charge in [0.1, 0.15) is 5.82 Å². The van der Waals surface area contributed by atoms with Gasteiger partial charge in [0.15, 0.2) is 5.15 Å². The van der Waals surface area contributed by atoms with Gasteiger partial charge in [0.25, 0.3) is 0 Å². The van der Waals surface area contributed by atoms with Gasteiger partial charge in [0.05, 0.1) is 26.5 Å². The van der Waals surface area contributed by atoms with E-state index in [0.29, 0.717) is 17.3 Å². The fourth-order valence-corrected chi connectivity index (χ4v) is 5.99. The average Bonchev–Trinajstić information content (AvgIpc) is 3.48. The van der Waals surface area contributed by atoms with Crippen LogP contribution >= 0.6 is 22.9 Å². The van der Waals surface area contributed by atoms with Crippen LogP contribution in [0.1, 0.15) is 52.0 Å². The highest BCUT2D eigenvalue weighted by Crippen LogP contribution is 2.29. The first-order valence-electron chi connectivity index (χ1n) is 13.6. The number of hydrogen-bond acceptors (Lipinski definition) is 5. The number of rotatable bonds is 12. The molecular formula is C32H33ClN4O2S. The molecule has 2 heterocycles. The van der Waals surface area contributed by atoms with Gasteiger partial charge in [-0.25, -0.2) is 14.8 Å². The Balaban J connectivity index is 1.45. The second kappa shape index (κ2) is 12.8. The number of carbonyl (C=O) groups is 1. The molecule has 5 aromatic rings. The van der Waals surface area contributed by atoms with Crippen molar-refractivity contribution >= 4 is 39.1 Å². The lowest BCUT2D eigenvalue weighted by Gasteiger charge is -2.24. The molecule has 2 aromatic heterocycles. The summed E-state index contributed by atoms with van der Waals surface area (Å²) in [5, 5.41) is 10.9. The van der Waals surface area contributed by atoms with Crippen LogP contribution in [0, 0.1) is 6.92 Å². The normalized spacial score (nSPS) is 11.5. The Hall–Kier alpha value is -3.52. The Labute approximate surface area is 243 Å². The Morgan fingerprint density at radius 2 is 1.75 bits per heavy atom. The topological polar surface area (TPSA) is 71.2 Å². The molecule has 0 aliphatic carbocycles. The maximum Gasteiger partial charge on any atom is 0.335 e. The van der Waals surface area contributed by atoms with Gasteiger partial charge in [-0.1, -0.05) is 73.5 Å². The van der Waals surface area contributed by atoms with Crippen LogP contribution in [0.2, 0.25) is 5.15 Å². The number of unbranched alkanes of at least 4 members (excludes halogenated alkanes) is 1. The van der Waals surface area contributed by atoms with Crippen LogP contribution in [-0.2, 0) is 26.1 Å². The summed E-state index contributed by atoms with van der Waals surface area (Å²) in [5.74, 6) is -0.0114. The Bertz CT molecular complexity index is 1600. The third-order valence-corrected chi connectivity index (χ3v) is 8.30. The summed E-state index contributed by atoms with van der Waals surface area (Å²) in [7, 11) is 0. The minimum absolute atomic E-state index is 0.299. The Morgan fingerprint density at radius 3 is 2.48 bits per heavy atom. The van der Waals surface area contributed by atoms with Crippen LogP contribution in [-0.4, -0.2) is 37.1 Å². The third-order valence-electron chi connectivity index (χ3n) is 7.05. The van der Waals surface area contributed by atoms with Crippen LogP contribution in [0.25, 0.3) is 21.6 Å². The molecule has 0 atom stereocenters. The molecule has 40 heavy (non-hydrogen) atoms. The van der Waals surface area contributed by atoms with Crippen molar-refractivity contribution in [1.82, 2.24) is 19.4 Å². The lowest BCUT2D eigenvalue weighted by molar-refractivity contribution is 0.0697. The summed E-state index contributed by atoms with van der Waals surface area (Å²) in [4.78, 5) is 23.2. The molecule has 3 aromatic carbocycles. The van der Waals surface area contributed by atoms with Crippen molar-refractivity contribution in [2.75, 3.05) is 6.54 Å². The first kappa shape index (κ1) is 28.0. The maximum absolute atomic E-state index is 11.3. The van der Waals surface area contributed by atoms with Gasteiger partial charge in [0, 0.05) is 31.7 Å². The van der Waals surface area contributed by atoms with E-state index >= 15 is 0 Å². The number of thiazole rings is 1. The van der Waals surface area contributed by atoms with Gasteiger partial charge >= 0.3 is 5.97 Å². The van der Waals surface area contributed by atoms with Crippen molar-refractivity contribution in [1.29, 1.82) is 0 Å². The molecule has 0 radical (unpaired) electrons. The standard InChI is InChI=1S/C32H33ClN4O2S/c1-3-4-17-37-28(30(33)35-31(37)25-8-6-5-7-9-25)21-36(18-16-23-10-13-26(14-11-23)32(38)39)20-24-12-15-29-27(19-24)34-22(2)40-29/h5-15,19H,3-4,16-18,20-21H2,1-2H3,(H,38,39). The Morgan fingerprint density at radius 1 is 1.00 bits per heavy atom. The molecule has 0 amide bonds. The van der Waals surface area contributed by atoms with E-state index in [1.807, 2.05) is 37.3 Å². The molecule has 1 N–H and O–H groups in total. The van der Waals surface area contributed by atoms with E-state index in [1.165, 1.54) is 10.3 Å². The van der Waals surface area contributed by atoms with Crippen molar-refractivity contribution in [2.45, 2.75) is 52.7 Å². The second-order valence-corrected chi connectivity index (χ2v) is 11.6. The zero-order valence-electron chi connectivity index (χ0n) is 22.8. The van der Waals surface area contributed by atoms with Crippen molar-refractivity contribution in [2.24, 2.45) is 0 Å². The molecular weight excluding hydrogens is 540 g/mol. The number of imidazole rings is 1. The van der Waals surface area contributed by atoms with Gasteiger partial charge in [-0.2, -0.15) is 0 Å². The van der Waals surface area contributed by atoms with Gasteiger partial charge in [-0.3, -0.25) is 4.90 Å². The molecule has 6 nitrogen and oxygen atoms in total. The van der Waals surface area contributed by atoms with Crippen LogP contribution in [0.5, 0.6) is 0 Å². The lowest BCUT2D eigenvalue weighted by Crippen LogP contribution is -2.27. The van der Waals surface area contributed by atoms with Crippen molar-refractivity contribution in [3.63, 3.8) is 0 Å². The van der Waals surface area contributed by atoms with E-state index in [9.17, 15) is 9.90 Å². The summed E-state index contributed by atoms with van der Waals surface area (Å²) in [6, 6.07) is 23.9. The smallest absolute Gasteiger partial charge is 0.335 e. The average molecular weight is 573 g/mol. The number of aromatic carboxylic acids is 1. The minimum atomic E-state index is -0.912. The molecule has 0 aliphatic rings. The molecule has 0 saturated heterocycles. The van der Waals surface area contributed by atoms with Gasteiger partial charge in [-0.15, -0.1) is 11.3 Å². The first-order chi connectivity index (χ1) is 19.4. The SMILES string of the molecule is CCCCn1c(-c2ccccc2)nc(Cl)c1CN(CCc1ccc(C(=O)O)cc1)Cc1ccc2sc(C)nc2c1. The largest absolute Gasteiger partial charge is 0.478 e. The van der Waals surface area contributed by atoms with E-state index in [4.69, 9.17) is 21.6 Å². The van der Waals surface area contributed by atoms with Crippen molar-refractivity contribution in [3.05, 3.63) is 105 Å². The van der Waals surface area contributed by atoms with E-state index in [-0.39, 0.29) is 0 Å². The number of carboxylic acids is 1. The highest BCUT2D eigenvalue weighted by atomic mass is 35.5. The zero-order chi connectivity index (χ0) is 28.1. The van der Waals surface area contributed by atoms with Crippen molar-refractivity contribution < 1.29 is 9.90 Å². The van der Waals surface area contributed by atoms with E-state index in [2.05, 4.69) is 46.7 Å². The molecule has 206 valence electrons. The van der Waals surface area contributed by atoms with E-state index in [0.717, 1.165) is 72.1 Å². The fraction of sp³-hybridized carbons (Fsp3) is 0.281. The molecule has 8 heteroatoms. The first-order valence-corrected chi connectivity index (χ1v) is 14.8. The molecule has 0 saturated carbocycles. The quantitative estimate of drug-likeness (QED) is 0.165. The summed E-state index contributed by atoms with van der Waals surface area (Å²) < 4.78 is 3.47. The highest BCUT2D eigenvalue weighted by molar-refractivity contribution is 7.18. The lowest BCUT2D eigenvalue weighted by atomic mass is 10.1. The Kier molecular flexibility index (Phi) is 8.94. The van der Waals surface area contributed by atoms with Crippen LogP contribution in [0.4, 0.5) is 0 Å². The number of fused-ring (bicyclic) bond motifs is 1. The third kappa shape index (κ3) is 6.61. The molecule has 0 fully saturated rings. The monoisotopic (exact) mass is 572 g/mol. The molecule has 0 bridgehead atoms. The summed E-state index contributed by atoms with van der Waals surface area (Å²) in [5.41, 5.74) is 5.69. The maximum atomic E-state index is 11.3. The highest BCUT2D eigenvalue weighted by Gasteiger charge is 2.20. The predicted molar refractivity (Wildman–Crippen MR) is 163 cm³/mol. The number of halogens is 1. The fourth-order valence-electron chi connectivity index (χ4n) is 4.94. The minimum Gasteiger partial charge on any atom is -0.478 e. The van der Waals surface area contributed by atoms with Crippen LogP contribution < -0.4 is 0 Å². The van der Waals surface area contributed by atoms with Crippen molar-refractivity contribution in [3.8, 4) is 11.4 Å². The summed E-state index contributed by atoms with van der Waals surface area (Å²) in [6.45, 7) is 7.23. The number of hydrogen-bond donors (Lipinski definition) is 1. The summed E-state index contributed by atoms with van der Waals surface area (Å²) in [6.07, 6.45) is 2.89. The second-order valence-electron chi connectivity index (χ2n) is 10.0. The number of aryl methyl sites for hydroxylation is 1. The van der Waals surface area contributed by atoms with Gasteiger partial charge in [-0.05, 0) is 55.2 Å². The molecule has 5 rings (SSSR count).